The predicted molar refractivity (Wildman–Crippen MR) is 72.1 cm³/mol. The average molecular weight is 268 g/mol. The van der Waals surface area contributed by atoms with E-state index in [4.69, 9.17) is 11.6 Å². The van der Waals surface area contributed by atoms with Crippen molar-refractivity contribution in [2.45, 2.75) is 19.3 Å². The Bertz CT molecular complexity index is 420. The number of hydrogen-bond acceptors (Lipinski definition) is 2. The lowest BCUT2D eigenvalue weighted by atomic mass is 9.95. The number of carbonyl (C=O) groups is 1. The van der Waals surface area contributed by atoms with Crippen LogP contribution in [-0.4, -0.2) is 34.9 Å². The molecule has 1 aromatic rings. The van der Waals surface area contributed by atoms with Gasteiger partial charge in [-0.25, -0.2) is 0 Å². The molecule has 18 heavy (non-hydrogen) atoms. The zero-order valence-electron chi connectivity index (χ0n) is 10.3. The van der Waals surface area contributed by atoms with Crippen molar-refractivity contribution in [2.75, 3.05) is 19.0 Å². The molecule has 0 aliphatic carbocycles. The number of carbonyl (C=O) groups excluding carboxylic acids is 1. The van der Waals surface area contributed by atoms with Gasteiger partial charge < -0.3 is 10.0 Å². The standard InChI is InChI=1S/C14H18ClNO2/c15-8-7-11-4-3-9-16(10-11)14(18)12-5-1-2-6-13(12)17/h1-2,5-6,11,17H,3-4,7-10H2. The third kappa shape index (κ3) is 2.96. The first kappa shape index (κ1) is 13.2. The highest BCUT2D eigenvalue weighted by atomic mass is 35.5. The molecule has 4 heteroatoms. The van der Waals surface area contributed by atoms with Gasteiger partial charge in [0.1, 0.15) is 5.75 Å². The summed E-state index contributed by atoms with van der Waals surface area (Å²) < 4.78 is 0. The van der Waals surface area contributed by atoms with Gasteiger partial charge in [-0.3, -0.25) is 4.79 Å². The van der Waals surface area contributed by atoms with E-state index in [1.165, 1.54) is 0 Å². The Morgan fingerprint density at radius 2 is 2.22 bits per heavy atom. The average Bonchev–Trinajstić information content (AvgIpc) is 2.39. The Hall–Kier alpha value is -1.22. The largest absolute Gasteiger partial charge is 0.507 e. The predicted octanol–water partition coefficient (Wildman–Crippen LogP) is 2.87. The van der Waals surface area contributed by atoms with Gasteiger partial charge in [-0.15, -0.1) is 11.6 Å². The van der Waals surface area contributed by atoms with Crippen LogP contribution in [0.15, 0.2) is 24.3 Å². The number of halogens is 1. The number of benzene rings is 1. The van der Waals surface area contributed by atoms with Crippen molar-refractivity contribution in [1.29, 1.82) is 0 Å². The van der Waals surface area contributed by atoms with Gasteiger partial charge in [0.25, 0.3) is 5.91 Å². The number of nitrogens with zero attached hydrogens (tertiary/aromatic N) is 1. The fourth-order valence-electron chi connectivity index (χ4n) is 2.46. The van der Waals surface area contributed by atoms with Gasteiger partial charge in [-0.05, 0) is 37.3 Å². The van der Waals surface area contributed by atoms with Gasteiger partial charge in [0, 0.05) is 19.0 Å². The fraction of sp³-hybridized carbons (Fsp3) is 0.500. The monoisotopic (exact) mass is 267 g/mol. The van der Waals surface area contributed by atoms with Crippen LogP contribution < -0.4 is 0 Å². The Balaban J connectivity index is 2.07. The van der Waals surface area contributed by atoms with E-state index in [9.17, 15) is 9.90 Å². The smallest absolute Gasteiger partial charge is 0.257 e. The maximum absolute atomic E-state index is 12.3. The molecule has 1 atom stereocenters. The quantitative estimate of drug-likeness (QED) is 0.856. The summed E-state index contributed by atoms with van der Waals surface area (Å²) in [5.41, 5.74) is 0.393. The molecule has 1 heterocycles. The Morgan fingerprint density at radius 1 is 1.44 bits per heavy atom. The van der Waals surface area contributed by atoms with Crippen molar-refractivity contribution >= 4 is 17.5 Å². The Morgan fingerprint density at radius 3 is 2.94 bits per heavy atom. The summed E-state index contributed by atoms with van der Waals surface area (Å²) in [5, 5.41) is 9.71. The normalized spacial score (nSPS) is 19.8. The first-order chi connectivity index (χ1) is 8.72. The number of piperidine rings is 1. The molecule has 0 spiro atoms. The van der Waals surface area contributed by atoms with Gasteiger partial charge >= 0.3 is 0 Å². The third-order valence-corrected chi connectivity index (χ3v) is 3.68. The third-order valence-electron chi connectivity index (χ3n) is 3.46. The maximum Gasteiger partial charge on any atom is 0.257 e. The molecular weight excluding hydrogens is 250 g/mol. The van der Waals surface area contributed by atoms with E-state index in [2.05, 4.69) is 0 Å². The second kappa shape index (κ2) is 6.10. The molecule has 1 amide bonds. The zero-order valence-corrected chi connectivity index (χ0v) is 11.1. The number of aromatic hydroxyl groups is 1. The van der Waals surface area contributed by atoms with E-state index in [0.717, 1.165) is 32.4 Å². The van der Waals surface area contributed by atoms with Crippen LogP contribution in [0.5, 0.6) is 5.75 Å². The number of phenolic OH excluding ortho intramolecular Hbond substituents is 1. The summed E-state index contributed by atoms with van der Waals surface area (Å²) in [7, 11) is 0. The van der Waals surface area contributed by atoms with Crippen LogP contribution in [-0.2, 0) is 0 Å². The summed E-state index contributed by atoms with van der Waals surface area (Å²) in [6.45, 7) is 1.52. The first-order valence-electron chi connectivity index (χ1n) is 6.35. The lowest BCUT2D eigenvalue weighted by Crippen LogP contribution is -2.40. The highest BCUT2D eigenvalue weighted by Crippen LogP contribution is 2.24. The molecule has 0 aromatic heterocycles. The fourth-order valence-corrected chi connectivity index (χ4v) is 2.77. The molecule has 1 fully saturated rings. The highest BCUT2D eigenvalue weighted by molar-refractivity contribution is 6.17. The molecule has 1 saturated heterocycles. The van der Waals surface area contributed by atoms with Crippen LogP contribution in [0.1, 0.15) is 29.6 Å². The van der Waals surface area contributed by atoms with Gasteiger partial charge in [0.2, 0.25) is 0 Å². The van der Waals surface area contributed by atoms with E-state index < -0.39 is 0 Å². The lowest BCUT2D eigenvalue weighted by molar-refractivity contribution is 0.0668. The minimum Gasteiger partial charge on any atom is -0.507 e. The lowest BCUT2D eigenvalue weighted by Gasteiger charge is -2.32. The molecular formula is C14H18ClNO2. The summed E-state index contributed by atoms with van der Waals surface area (Å²) in [4.78, 5) is 14.1. The molecule has 0 bridgehead atoms. The minimum atomic E-state index is -0.0765. The number of alkyl halides is 1. The van der Waals surface area contributed by atoms with Gasteiger partial charge in [-0.2, -0.15) is 0 Å². The molecule has 1 aliphatic heterocycles. The summed E-state index contributed by atoms with van der Waals surface area (Å²) in [6, 6.07) is 6.71. The molecule has 98 valence electrons. The van der Waals surface area contributed by atoms with E-state index in [0.29, 0.717) is 17.4 Å². The number of likely N-dealkylation sites (tertiary alicyclic amines) is 1. The molecule has 0 radical (unpaired) electrons. The van der Waals surface area contributed by atoms with Crippen molar-refractivity contribution < 1.29 is 9.90 Å². The van der Waals surface area contributed by atoms with Gasteiger partial charge in [0.15, 0.2) is 0 Å². The SMILES string of the molecule is O=C(c1ccccc1O)N1CCCC(CCCl)C1. The van der Waals surface area contributed by atoms with E-state index in [-0.39, 0.29) is 11.7 Å². The highest BCUT2D eigenvalue weighted by Gasteiger charge is 2.25. The number of hydrogen-bond donors (Lipinski definition) is 1. The van der Waals surface area contributed by atoms with E-state index >= 15 is 0 Å². The van der Waals surface area contributed by atoms with Crippen molar-refractivity contribution in [1.82, 2.24) is 4.90 Å². The number of phenols is 1. The second-order valence-electron chi connectivity index (χ2n) is 4.75. The van der Waals surface area contributed by atoms with Crippen LogP contribution in [0, 0.1) is 5.92 Å². The topological polar surface area (TPSA) is 40.5 Å². The minimum absolute atomic E-state index is 0.0574. The molecule has 2 rings (SSSR count). The summed E-state index contributed by atoms with van der Waals surface area (Å²) in [5.74, 6) is 1.11. The van der Waals surface area contributed by atoms with Crippen LogP contribution in [0.25, 0.3) is 0 Å². The molecule has 1 aromatic carbocycles. The van der Waals surface area contributed by atoms with Crippen LogP contribution in [0.3, 0.4) is 0 Å². The second-order valence-corrected chi connectivity index (χ2v) is 5.13. The van der Waals surface area contributed by atoms with Crippen molar-refractivity contribution in [2.24, 2.45) is 5.92 Å². The van der Waals surface area contributed by atoms with Gasteiger partial charge in [0.05, 0.1) is 5.56 Å². The number of para-hydroxylation sites is 1. The molecule has 1 unspecified atom stereocenters. The number of rotatable bonds is 3. The summed E-state index contributed by atoms with van der Waals surface area (Å²) in [6.07, 6.45) is 3.10. The van der Waals surface area contributed by atoms with Crippen LogP contribution in [0.4, 0.5) is 0 Å². The molecule has 3 nitrogen and oxygen atoms in total. The molecule has 0 saturated carbocycles. The number of amides is 1. The maximum atomic E-state index is 12.3. The summed E-state index contributed by atoms with van der Waals surface area (Å²) >= 11 is 5.76. The zero-order chi connectivity index (χ0) is 13.0. The van der Waals surface area contributed by atoms with E-state index in [1.807, 2.05) is 4.90 Å². The van der Waals surface area contributed by atoms with Crippen LogP contribution >= 0.6 is 11.6 Å². The van der Waals surface area contributed by atoms with Crippen molar-refractivity contribution in [3.8, 4) is 5.75 Å². The van der Waals surface area contributed by atoms with Crippen molar-refractivity contribution in [3.05, 3.63) is 29.8 Å². The first-order valence-corrected chi connectivity index (χ1v) is 6.89. The molecule has 1 N–H and O–H groups in total. The van der Waals surface area contributed by atoms with Gasteiger partial charge in [-0.1, -0.05) is 12.1 Å². The van der Waals surface area contributed by atoms with Crippen molar-refractivity contribution in [3.63, 3.8) is 0 Å². The van der Waals surface area contributed by atoms with Crippen LogP contribution in [0.2, 0.25) is 0 Å². The molecule has 1 aliphatic rings. The van der Waals surface area contributed by atoms with E-state index in [1.54, 1.807) is 24.3 Å². The Labute approximate surface area is 112 Å². The Kier molecular flexibility index (Phi) is 4.48.